The van der Waals surface area contributed by atoms with Crippen molar-refractivity contribution in [1.82, 2.24) is 0 Å². The van der Waals surface area contributed by atoms with E-state index in [1.165, 1.54) is 7.11 Å². The maximum atomic E-state index is 11.7. The highest BCUT2D eigenvalue weighted by Crippen LogP contribution is 2.37. The number of carboxylic acid groups (broad SMARTS) is 1. The molecule has 2 aromatic rings. The molecule has 2 saturated heterocycles. The van der Waals surface area contributed by atoms with E-state index in [1.54, 1.807) is 0 Å². The normalized spacial score (nSPS) is 29.7. The van der Waals surface area contributed by atoms with E-state index in [0.717, 1.165) is 11.1 Å². The monoisotopic (exact) mass is 472 g/mol. The molecule has 0 spiro atoms. The minimum Gasteiger partial charge on any atom is -0.479 e. The molecule has 0 aromatic heterocycles. The van der Waals surface area contributed by atoms with Gasteiger partial charge >= 0.3 is 5.97 Å². The third-order valence-corrected chi connectivity index (χ3v) is 5.78. The Kier molecular flexibility index (Phi) is 8.39. The van der Waals surface area contributed by atoms with Gasteiger partial charge < -0.3 is 38.3 Å². The summed E-state index contributed by atoms with van der Waals surface area (Å²) >= 11 is 0. The van der Waals surface area contributed by atoms with E-state index in [9.17, 15) is 14.7 Å². The lowest BCUT2D eigenvalue weighted by atomic mass is 9.96. The summed E-state index contributed by atoms with van der Waals surface area (Å²) in [4.78, 5) is 22.8. The van der Waals surface area contributed by atoms with E-state index in [-0.39, 0.29) is 19.6 Å². The predicted molar refractivity (Wildman–Crippen MR) is 118 cm³/mol. The van der Waals surface area contributed by atoms with Crippen LogP contribution in [0.1, 0.15) is 23.8 Å². The Hall–Kier alpha value is -2.66. The summed E-state index contributed by atoms with van der Waals surface area (Å²) in [6.07, 6.45) is -5.69. The van der Waals surface area contributed by atoms with Crippen LogP contribution in [-0.2, 0) is 44.6 Å². The summed E-state index contributed by atoms with van der Waals surface area (Å²) in [5.41, 5.74) is 1.76. The molecule has 4 rings (SSSR count). The van der Waals surface area contributed by atoms with Crippen LogP contribution in [0.4, 0.5) is 0 Å². The zero-order valence-electron chi connectivity index (χ0n) is 18.7. The number of aliphatic carboxylic acids is 1. The Balaban J connectivity index is 1.61. The molecule has 9 heteroatoms. The van der Waals surface area contributed by atoms with Gasteiger partial charge in [0.25, 0.3) is 0 Å². The molecular formula is C25H28O9. The van der Waals surface area contributed by atoms with Gasteiger partial charge in [0.05, 0.1) is 13.2 Å². The second-order valence-corrected chi connectivity index (χ2v) is 8.05. The summed E-state index contributed by atoms with van der Waals surface area (Å²) < 4.78 is 35.8. The summed E-state index contributed by atoms with van der Waals surface area (Å²) in [7, 11) is 1.43. The molecule has 0 radical (unpaired) electrons. The zero-order chi connectivity index (χ0) is 23.9. The Morgan fingerprint density at radius 2 is 1.79 bits per heavy atom. The fourth-order valence-electron chi connectivity index (χ4n) is 4.11. The molecule has 182 valence electrons. The van der Waals surface area contributed by atoms with Crippen LogP contribution in [0.3, 0.4) is 0 Å². The van der Waals surface area contributed by atoms with Crippen molar-refractivity contribution >= 4 is 12.3 Å². The van der Waals surface area contributed by atoms with Gasteiger partial charge in [0.2, 0.25) is 0 Å². The third-order valence-electron chi connectivity index (χ3n) is 5.78. The number of carbonyl (C=O) groups is 2. The third kappa shape index (κ3) is 5.69. The fourth-order valence-corrected chi connectivity index (χ4v) is 4.11. The van der Waals surface area contributed by atoms with Crippen molar-refractivity contribution in [1.29, 1.82) is 0 Å². The Morgan fingerprint density at radius 3 is 2.44 bits per heavy atom. The van der Waals surface area contributed by atoms with Crippen molar-refractivity contribution in [3.63, 3.8) is 0 Å². The Morgan fingerprint density at radius 1 is 1.09 bits per heavy atom. The highest BCUT2D eigenvalue weighted by molar-refractivity contribution is 5.75. The van der Waals surface area contributed by atoms with Crippen molar-refractivity contribution in [3.8, 4) is 0 Å². The minimum absolute atomic E-state index is 0.221. The largest absolute Gasteiger partial charge is 0.479 e. The number of ether oxygens (including phenoxy) is 6. The van der Waals surface area contributed by atoms with Crippen molar-refractivity contribution < 1.29 is 43.1 Å². The number of carbonyl (C=O) groups excluding carboxylic acids is 1. The van der Waals surface area contributed by atoms with Gasteiger partial charge in [0, 0.05) is 19.1 Å². The molecule has 0 bridgehead atoms. The van der Waals surface area contributed by atoms with Crippen molar-refractivity contribution in [2.45, 2.75) is 56.1 Å². The quantitative estimate of drug-likeness (QED) is 0.522. The maximum Gasteiger partial charge on any atom is 0.333 e. The van der Waals surface area contributed by atoms with Gasteiger partial charge in [-0.05, 0) is 5.56 Å². The number of aldehydes is 1. The van der Waals surface area contributed by atoms with E-state index in [0.29, 0.717) is 6.29 Å². The zero-order valence-corrected chi connectivity index (χ0v) is 18.7. The number of fused-ring (bicyclic) bond motifs is 1. The molecule has 34 heavy (non-hydrogen) atoms. The van der Waals surface area contributed by atoms with Crippen molar-refractivity contribution in [3.05, 3.63) is 71.8 Å². The molecule has 9 nitrogen and oxygen atoms in total. The molecule has 2 aliphatic rings. The van der Waals surface area contributed by atoms with Gasteiger partial charge in [-0.1, -0.05) is 60.7 Å². The topological polar surface area (TPSA) is 110 Å². The highest BCUT2D eigenvalue weighted by Gasteiger charge is 2.52. The summed E-state index contributed by atoms with van der Waals surface area (Å²) in [6.45, 7) is 0.454. The fraction of sp³-hybridized carbons (Fsp3) is 0.440. The number of hydrogen-bond acceptors (Lipinski definition) is 8. The first kappa shape index (κ1) is 24.5. The first-order valence-corrected chi connectivity index (χ1v) is 11.1. The first-order chi connectivity index (χ1) is 16.6. The Labute approximate surface area is 197 Å². The SMILES string of the molecule is CO[C@@H]1O[C@@H]2CO[C@@H](c3ccccc3)O[C@H]2[C@H](OCc2ccccc2)[C@H]1OC(CC=O)C(=O)O. The number of carboxylic acids is 1. The summed E-state index contributed by atoms with van der Waals surface area (Å²) in [6, 6.07) is 19.0. The lowest BCUT2D eigenvalue weighted by Gasteiger charge is -2.49. The van der Waals surface area contributed by atoms with Crippen LogP contribution < -0.4 is 0 Å². The van der Waals surface area contributed by atoms with Crippen LogP contribution in [0.15, 0.2) is 60.7 Å². The number of methoxy groups -OCH3 is 1. The number of hydrogen-bond donors (Lipinski definition) is 1. The van der Waals surface area contributed by atoms with E-state index >= 15 is 0 Å². The van der Waals surface area contributed by atoms with Gasteiger partial charge in [-0.15, -0.1) is 0 Å². The number of benzene rings is 2. The summed E-state index contributed by atoms with van der Waals surface area (Å²) in [5, 5.41) is 9.55. The van der Waals surface area contributed by atoms with Crippen LogP contribution >= 0.6 is 0 Å². The lowest BCUT2D eigenvalue weighted by Crippen LogP contribution is -2.64. The molecule has 0 aliphatic carbocycles. The average molecular weight is 472 g/mol. The Bertz CT molecular complexity index is 922. The van der Waals surface area contributed by atoms with Gasteiger partial charge in [-0.2, -0.15) is 0 Å². The maximum absolute atomic E-state index is 11.7. The first-order valence-electron chi connectivity index (χ1n) is 11.1. The second kappa shape index (κ2) is 11.7. The molecule has 1 N–H and O–H groups in total. The molecule has 0 amide bonds. The smallest absolute Gasteiger partial charge is 0.333 e. The molecular weight excluding hydrogens is 444 g/mol. The van der Waals surface area contributed by atoms with Crippen molar-refractivity contribution in [2.24, 2.45) is 0 Å². The van der Waals surface area contributed by atoms with Gasteiger partial charge in [0.1, 0.15) is 30.7 Å². The number of rotatable bonds is 10. The van der Waals surface area contributed by atoms with Gasteiger partial charge in [0.15, 0.2) is 18.7 Å². The lowest BCUT2D eigenvalue weighted by molar-refractivity contribution is -0.370. The van der Waals surface area contributed by atoms with Crippen LogP contribution in [-0.4, -0.2) is 67.9 Å². The standard InChI is InChI=1S/C25H28O9/c1-29-25-22(32-18(12-13-26)23(27)28)21(30-14-16-8-4-2-5-9-16)20-19(33-25)15-31-24(34-20)17-10-6-3-7-11-17/h2-11,13,18-22,24-25H,12,14-15H2,1H3,(H,27,28)/t18?,19-,20-,21+,22-,24-,25-/m1/s1. The van der Waals surface area contributed by atoms with Crippen LogP contribution in [0, 0.1) is 0 Å². The molecule has 2 fully saturated rings. The molecule has 2 heterocycles. The molecule has 0 saturated carbocycles. The van der Waals surface area contributed by atoms with Crippen LogP contribution in [0.5, 0.6) is 0 Å². The minimum atomic E-state index is -1.38. The van der Waals surface area contributed by atoms with Gasteiger partial charge in [-0.25, -0.2) is 4.79 Å². The highest BCUT2D eigenvalue weighted by atomic mass is 16.8. The molecule has 7 atom stereocenters. The molecule has 2 aliphatic heterocycles. The van der Waals surface area contributed by atoms with E-state index in [4.69, 9.17) is 28.4 Å². The molecule has 1 unspecified atom stereocenters. The van der Waals surface area contributed by atoms with E-state index in [1.807, 2.05) is 60.7 Å². The van der Waals surface area contributed by atoms with Crippen molar-refractivity contribution in [2.75, 3.05) is 13.7 Å². The average Bonchev–Trinajstić information content (AvgIpc) is 2.88. The van der Waals surface area contributed by atoms with Gasteiger partial charge in [-0.3, -0.25) is 0 Å². The van der Waals surface area contributed by atoms with Crippen LogP contribution in [0.2, 0.25) is 0 Å². The van der Waals surface area contributed by atoms with E-state index < -0.39 is 49.1 Å². The second-order valence-electron chi connectivity index (χ2n) is 8.05. The van der Waals surface area contributed by atoms with Crippen LogP contribution in [0.25, 0.3) is 0 Å². The predicted octanol–water partition coefficient (Wildman–Crippen LogP) is 2.48. The van der Waals surface area contributed by atoms with E-state index in [2.05, 4.69) is 0 Å². The molecule has 2 aromatic carbocycles. The summed E-state index contributed by atoms with van der Waals surface area (Å²) in [5.74, 6) is -1.26.